The van der Waals surface area contributed by atoms with Gasteiger partial charge in [-0.25, -0.2) is 4.98 Å². The van der Waals surface area contributed by atoms with Crippen molar-refractivity contribution in [1.82, 2.24) is 20.1 Å². The molecule has 0 bridgehead atoms. The molecule has 1 aliphatic carbocycles. The third-order valence-corrected chi connectivity index (χ3v) is 5.66. The molecule has 7 heteroatoms. The van der Waals surface area contributed by atoms with E-state index in [0.717, 1.165) is 37.4 Å². The van der Waals surface area contributed by atoms with E-state index in [1.54, 1.807) is 17.5 Å². The summed E-state index contributed by atoms with van der Waals surface area (Å²) in [4.78, 5) is 33.7. The van der Waals surface area contributed by atoms with E-state index in [1.165, 1.54) is 0 Å². The van der Waals surface area contributed by atoms with Gasteiger partial charge < -0.3 is 10.2 Å². The molecule has 0 radical (unpaired) electrons. The molecule has 25 heavy (non-hydrogen) atoms. The molecule has 1 aliphatic heterocycles. The average molecular weight is 365 g/mol. The molecule has 2 amide bonds. The Balaban J connectivity index is 1.64. The molecule has 1 atom stereocenters. The smallest absolute Gasteiger partial charge is 0.237 e. The fourth-order valence-corrected chi connectivity index (χ4v) is 3.86. The van der Waals surface area contributed by atoms with E-state index in [9.17, 15) is 9.59 Å². The van der Waals surface area contributed by atoms with E-state index < -0.39 is 0 Å². The van der Waals surface area contributed by atoms with Gasteiger partial charge in [-0.05, 0) is 31.7 Å². The lowest BCUT2D eigenvalue weighted by Gasteiger charge is -2.36. The van der Waals surface area contributed by atoms with Crippen LogP contribution < -0.4 is 5.32 Å². The topological polar surface area (TPSA) is 65.5 Å². The molecular formula is C18H28N4O2S. The lowest BCUT2D eigenvalue weighted by molar-refractivity contribution is -0.139. The number of thiazole rings is 1. The molecule has 2 aliphatic rings. The van der Waals surface area contributed by atoms with Gasteiger partial charge in [0, 0.05) is 30.7 Å². The van der Waals surface area contributed by atoms with Crippen LogP contribution in [0.1, 0.15) is 44.5 Å². The highest BCUT2D eigenvalue weighted by Gasteiger charge is 2.37. The van der Waals surface area contributed by atoms with Crippen LogP contribution >= 0.6 is 11.3 Å². The molecule has 0 unspecified atom stereocenters. The Morgan fingerprint density at radius 2 is 2.28 bits per heavy atom. The molecule has 1 aromatic rings. The lowest BCUT2D eigenvalue weighted by Crippen LogP contribution is -2.57. The van der Waals surface area contributed by atoms with Crippen LogP contribution in [-0.4, -0.2) is 58.3 Å². The average Bonchev–Trinajstić information content (AvgIpc) is 3.28. The van der Waals surface area contributed by atoms with Crippen molar-refractivity contribution < 1.29 is 9.59 Å². The normalized spacial score (nSPS) is 21.4. The Morgan fingerprint density at radius 1 is 1.48 bits per heavy atom. The van der Waals surface area contributed by atoms with Gasteiger partial charge in [-0.2, -0.15) is 0 Å². The molecule has 0 spiro atoms. The second kappa shape index (κ2) is 8.27. The Bertz CT molecular complexity index is 586. The summed E-state index contributed by atoms with van der Waals surface area (Å²) in [5.41, 5.74) is 0. The van der Waals surface area contributed by atoms with Crippen LogP contribution in [0, 0.1) is 5.92 Å². The first kappa shape index (κ1) is 18.3. The van der Waals surface area contributed by atoms with Gasteiger partial charge in [0.1, 0.15) is 5.01 Å². The van der Waals surface area contributed by atoms with Crippen LogP contribution in [0.3, 0.4) is 0 Å². The van der Waals surface area contributed by atoms with Crippen molar-refractivity contribution >= 4 is 23.2 Å². The molecule has 3 rings (SSSR count). The van der Waals surface area contributed by atoms with Gasteiger partial charge >= 0.3 is 0 Å². The van der Waals surface area contributed by atoms with Crippen LogP contribution in [0.4, 0.5) is 0 Å². The quantitative estimate of drug-likeness (QED) is 0.765. The molecule has 138 valence electrons. The zero-order valence-corrected chi connectivity index (χ0v) is 15.9. The lowest BCUT2D eigenvalue weighted by atomic mass is 10.0. The minimum absolute atomic E-state index is 0.00616. The van der Waals surface area contributed by atoms with Crippen LogP contribution in [0.2, 0.25) is 0 Å². The zero-order chi connectivity index (χ0) is 17.8. The van der Waals surface area contributed by atoms with Crippen LogP contribution in [0.25, 0.3) is 0 Å². The maximum atomic E-state index is 12.9. The van der Waals surface area contributed by atoms with Crippen molar-refractivity contribution in [1.29, 1.82) is 0 Å². The number of hydrogen-bond acceptors (Lipinski definition) is 5. The largest absolute Gasteiger partial charge is 0.353 e. The fourth-order valence-electron chi connectivity index (χ4n) is 3.24. The van der Waals surface area contributed by atoms with Crippen LogP contribution in [-0.2, 0) is 16.1 Å². The maximum Gasteiger partial charge on any atom is 0.237 e. The summed E-state index contributed by atoms with van der Waals surface area (Å²) >= 11 is 1.58. The van der Waals surface area contributed by atoms with Gasteiger partial charge in [-0.3, -0.25) is 14.5 Å². The fraction of sp³-hybridized carbons (Fsp3) is 0.722. The highest BCUT2D eigenvalue weighted by Crippen LogP contribution is 2.30. The summed E-state index contributed by atoms with van der Waals surface area (Å²) in [6.45, 7) is 7.32. The van der Waals surface area contributed by atoms with Crippen molar-refractivity contribution in [2.24, 2.45) is 5.92 Å². The van der Waals surface area contributed by atoms with Crippen LogP contribution in [0.15, 0.2) is 11.6 Å². The van der Waals surface area contributed by atoms with E-state index in [2.05, 4.69) is 29.0 Å². The Labute approximate surface area is 153 Å². The molecule has 1 saturated carbocycles. The molecule has 2 fully saturated rings. The Kier molecular flexibility index (Phi) is 6.06. The number of carbonyl (C=O) groups excluding carboxylic acids is 2. The summed E-state index contributed by atoms with van der Waals surface area (Å²) in [6, 6.07) is -0.00953. The predicted molar refractivity (Wildman–Crippen MR) is 98.1 cm³/mol. The van der Waals surface area contributed by atoms with Crippen molar-refractivity contribution in [2.45, 2.75) is 58.2 Å². The molecule has 6 nitrogen and oxygen atoms in total. The van der Waals surface area contributed by atoms with Crippen molar-refractivity contribution in [2.75, 3.05) is 19.6 Å². The van der Waals surface area contributed by atoms with E-state index in [4.69, 9.17) is 0 Å². The molecule has 2 heterocycles. The number of aromatic nitrogens is 1. The highest BCUT2D eigenvalue weighted by atomic mass is 32.1. The van der Waals surface area contributed by atoms with Crippen molar-refractivity contribution in [3.63, 3.8) is 0 Å². The first-order valence-electron chi connectivity index (χ1n) is 9.24. The SMILES string of the molecule is CC(C)CCN1CCNC(=O)[C@@H]1CC(=O)N(Cc1nccs1)C1CC1. The summed E-state index contributed by atoms with van der Waals surface area (Å²) in [6.07, 6.45) is 5.21. The Hall–Kier alpha value is -1.47. The summed E-state index contributed by atoms with van der Waals surface area (Å²) < 4.78 is 0. The van der Waals surface area contributed by atoms with Gasteiger partial charge in [0.25, 0.3) is 0 Å². The van der Waals surface area contributed by atoms with Crippen LogP contribution in [0.5, 0.6) is 0 Å². The van der Waals surface area contributed by atoms with Gasteiger partial charge in [-0.15, -0.1) is 11.3 Å². The second-order valence-corrected chi connectivity index (χ2v) is 8.39. The molecule has 1 N–H and O–H groups in total. The standard InChI is InChI=1S/C18H28N4O2S/c1-13(2)5-8-21-9-6-20-18(24)15(21)11-17(23)22(14-3-4-14)12-16-19-7-10-25-16/h7,10,13-15H,3-6,8-9,11-12H2,1-2H3,(H,20,24)/t15-/m0/s1. The van der Waals surface area contributed by atoms with Gasteiger partial charge in [-0.1, -0.05) is 13.8 Å². The summed E-state index contributed by atoms with van der Waals surface area (Å²) in [7, 11) is 0. The van der Waals surface area contributed by atoms with E-state index in [1.807, 2.05) is 10.3 Å². The highest BCUT2D eigenvalue weighted by molar-refractivity contribution is 7.09. The summed E-state index contributed by atoms with van der Waals surface area (Å²) in [5, 5.41) is 5.82. The van der Waals surface area contributed by atoms with Gasteiger partial charge in [0.15, 0.2) is 0 Å². The monoisotopic (exact) mass is 364 g/mol. The minimum Gasteiger partial charge on any atom is -0.353 e. The van der Waals surface area contributed by atoms with E-state index in [-0.39, 0.29) is 24.3 Å². The molecular weight excluding hydrogens is 336 g/mol. The van der Waals surface area contributed by atoms with Crippen molar-refractivity contribution in [3.8, 4) is 0 Å². The molecule has 0 aromatic carbocycles. The number of amides is 2. The number of piperazine rings is 1. The molecule has 1 aromatic heterocycles. The number of rotatable bonds is 8. The Morgan fingerprint density at radius 3 is 2.92 bits per heavy atom. The predicted octanol–water partition coefficient (Wildman–Crippen LogP) is 1.87. The summed E-state index contributed by atoms with van der Waals surface area (Å²) in [5.74, 6) is 0.664. The van der Waals surface area contributed by atoms with Gasteiger partial charge in [0.05, 0.1) is 19.0 Å². The third-order valence-electron chi connectivity index (χ3n) is 4.90. The van der Waals surface area contributed by atoms with E-state index >= 15 is 0 Å². The van der Waals surface area contributed by atoms with E-state index in [0.29, 0.717) is 25.0 Å². The number of hydrogen-bond donors (Lipinski definition) is 1. The molecule has 1 saturated heterocycles. The second-order valence-electron chi connectivity index (χ2n) is 7.41. The third kappa shape index (κ3) is 5.01. The van der Waals surface area contributed by atoms with Gasteiger partial charge in [0.2, 0.25) is 11.8 Å². The number of carbonyl (C=O) groups is 2. The first-order valence-corrected chi connectivity index (χ1v) is 10.1. The number of nitrogens with one attached hydrogen (secondary N) is 1. The first-order chi connectivity index (χ1) is 12.0. The van der Waals surface area contributed by atoms with Crippen molar-refractivity contribution in [3.05, 3.63) is 16.6 Å². The number of nitrogens with zero attached hydrogens (tertiary/aromatic N) is 3. The maximum absolute atomic E-state index is 12.9. The minimum atomic E-state index is -0.336. The zero-order valence-electron chi connectivity index (χ0n) is 15.1.